The predicted molar refractivity (Wildman–Crippen MR) is 66.3 cm³/mol. The van der Waals surface area contributed by atoms with E-state index in [1.807, 2.05) is 20.8 Å². The van der Waals surface area contributed by atoms with E-state index in [1.165, 1.54) is 0 Å². The third kappa shape index (κ3) is 4.41. The average molecular weight is 258 g/mol. The molecular formula is C11H18N2O3S. The van der Waals surface area contributed by atoms with Crippen molar-refractivity contribution in [1.82, 2.24) is 10.3 Å². The van der Waals surface area contributed by atoms with Crippen LogP contribution in [0.15, 0.2) is 0 Å². The molecule has 1 heterocycles. The van der Waals surface area contributed by atoms with Crippen LogP contribution in [0.25, 0.3) is 0 Å². The molecule has 0 aliphatic rings. The van der Waals surface area contributed by atoms with Crippen molar-refractivity contribution in [1.29, 1.82) is 0 Å². The summed E-state index contributed by atoms with van der Waals surface area (Å²) in [4.78, 5) is 15.8. The SMILES string of the molecule is Cc1nc(C)c(C(C)NCC(O)CC(=O)O)s1. The lowest BCUT2D eigenvalue weighted by atomic mass is 10.2. The van der Waals surface area contributed by atoms with E-state index in [2.05, 4.69) is 10.3 Å². The van der Waals surface area contributed by atoms with Crippen molar-refractivity contribution < 1.29 is 15.0 Å². The van der Waals surface area contributed by atoms with Crippen molar-refractivity contribution in [2.45, 2.75) is 39.3 Å². The number of aliphatic hydroxyl groups excluding tert-OH is 1. The Balaban J connectivity index is 2.47. The molecule has 17 heavy (non-hydrogen) atoms. The van der Waals surface area contributed by atoms with E-state index in [1.54, 1.807) is 11.3 Å². The van der Waals surface area contributed by atoms with Crippen molar-refractivity contribution in [3.8, 4) is 0 Å². The first-order valence-electron chi connectivity index (χ1n) is 5.47. The molecule has 6 heteroatoms. The van der Waals surface area contributed by atoms with Gasteiger partial charge in [-0.2, -0.15) is 0 Å². The standard InChI is InChI=1S/C11H18N2O3S/c1-6(11-7(2)13-8(3)17-11)12-5-9(14)4-10(15)16/h6,9,12,14H,4-5H2,1-3H3,(H,15,16). The van der Waals surface area contributed by atoms with E-state index in [9.17, 15) is 9.90 Å². The maximum atomic E-state index is 10.4. The van der Waals surface area contributed by atoms with Crippen molar-refractivity contribution in [3.63, 3.8) is 0 Å². The maximum absolute atomic E-state index is 10.4. The molecule has 1 rings (SSSR count). The number of carboxylic acid groups (broad SMARTS) is 1. The van der Waals surface area contributed by atoms with Gasteiger partial charge in [0.1, 0.15) is 0 Å². The summed E-state index contributed by atoms with van der Waals surface area (Å²) < 4.78 is 0. The number of carbonyl (C=O) groups is 1. The fourth-order valence-corrected chi connectivity index (χ4v) is 2.58. The van der Waals surface area contributed by atoms with Gasteiger partial charge in [0.25, 0.3) is 0 Å². The highest BCUT2D eigenvalue weighted by Gasteiger charge is 2.15. The molecule has 0 saturated heterocycles. The van der Waals surface area contributed by atoms with Crippen LogP contribution in [0.2, 0.25) is 0 Å². The summed E-state index contributed by atoms with van der Waals surface area (Å²) >= 11 is 1.62. The van der Waals surface area contributed by atoms with E-state index >= 15 is 0 Å². The quantitative estimate of drug-likeness (QED) is 0.715. The lowest BCUT2D eigenvalue weighted by Gasteiger charge is -2.15. The Bertz CT molecular complexity index is 392. The Labute approximate surface area is 105 Å². The topological polar surface area (TPSA) is 82.5 Å². The Morgan fingerprint density at radius 2 is 2.18 bits per heavy atom. The highest BCUT2D eigenvalue weighted by Crippen LogP contribution is 2.24. The van der Waals surface area contributed by atoms with Crippen LogP contribution in [0.4, 0.5) is 0 Å². The van der Waals surface area contributed by atoms with E-state index in [4.69, 9.17) is 5.11 Å². The zero-order chi connectivity index (χ0) is 13.0. The van der Waals surface area contributed by atoms with Crippen molar-refractivity contribution in [2.24, 2.45) is 0 Å². The van der Waals surface area contributed by atoms with Gasteiger partial charge in [-0.25, -0.2) is 4.98 Å². The Hall–Kier alpha value is -0.980. The van der Waals surface area contributed by atoms with Gasteiger partial charge in [-0.15, -0.1) is 11.3 Å². The molecule has 0 fully saturated rings. The molecule has 1 aromatic rings. The highest BCUT2D eigenvalue weighted by molar-refractivity contribution is 7.11. The van der Waals surface area contributed by atoms with Crippen LogP contribution >= 0.6 is 11.3 Å². The van der Waals surface area contributed by atoms with E-state index in [-0.39, 0.29) is 19.0 Å². The molecule has 3 N–H and O–H groups in total. The number of carboxylic acids is 1. The monoisotopic (exact) mass is 258 g/mol. The molecule has 0 aliphatic carbocycles. The molecular weight excluding hydrogens is 240 g/mol. The predicted octanol–water partition coefficient (Wildman–Crippen LogP) is 1.25. The fourth-order valence-electron chi connectivity index (χ4n) is 1.63. The molecule has 0 bridgehead atoms. The number of aliphatic hydroxyl groups is 1. The Kier molecular flexibility index (Phi) is 5.04. The number of nitrogens with zero attached hydrogens (tertiary/aromatic N) is 1. The van der Waals surface area contributed by atoms with Crippen LogP contribution in [0.3, 0.4) is 0 Å². The van der Waals surface area contributed by atoms with Crippen molar-refractivity contribution in [3.05, 3.63) is 15.6 Å². The van der Waals surface area contributed by atoms with Gasteiger partial charge < -0.3 is 15.5 Å². The second-order valence-corrected chi connectivity index (χ2v) is 5.30. The molecule has 1 aromatic heterocycles. The van der Waals surface area contributed by atoms with Crippen LogP contribution in [-0.4, -0.2) is 33.8 Å². The summed E-state index contributed by atoms with van der Waals surface area (Å²) in [7, 11) is 0. The Morgan fingerprint density at radius 3 is 2.65 bits per heavy atom. The van der Waals surface area contributed by atoms with Gasteiger partial charge in [0.15, 0.2) is 0 Å². The molecule has 0 saturated carbocycles. The second-order valence-electron chi connectivity index (χ2n) is 4.06. The van der Waals surface area contributed by atoms with Crippen LogP contribution in [0, 0.1) is 13.8 Å². The zero-order valence-corrected chi connectivity index (χ0v) is 11.0. The van der Waals surface area contributed by atoms with Crippen LogP contribution in [0.5, 0.6) is 0 Å². The summed E-state index contributed by atoms with van der Waals surface area (Å²) in [5, 5.41) is 22.1. The lowest BCUT2D eigenvalue weighted by molar-refractivity contribution is -0.139. The minimum atomic E-state index is -0.989. The van der Waals surface area contributed by atoms with Gasteiger partial charge in [-0.05, 0) is 20.8 Å². The van der Waals surface area contributed by atoms with Gasteiger partial charge in [-0.3, -0.25) is 4.79 Å². The van der Waals surface area contributed by atoms with Gasteiger partial charge in [0.05, 0.1) is 23.2 Å². The summed E-state index contributed by atoms with van der Waals surface area (Å²) in [5.74, 6) is -0.989. The first kappa shape index (κ1) is 14.1. The van der Waals surface area contributed by atoms with Crippen molar-refractivity contribution in [2.75, 3.05) is 6.54 Å². The zero-order valence-electron chi connectivity index (χ0n) is 10.2. The van der Waals surface area contributed by atoms with E-state index in [0.717, 1.165) is 15.6 Å². The normalized spacial score (nSPS) is 14.6. The number of nitrogens with one attached hydrogen (secondary N) is 1. The summed E-state index contributed by atoms with van der Waals surface area (Å²) in [5.41, 5.74) is 0.986. The summed E-state index contributed by atoms with van der Waals surface area (Å²) in [6.07, 6.45) is -1.09. The highest BCUT2D eigenvalue weighted by atomic mass is 32.1. The lowest BCUT2D eigenvalue weighted by Crippen LogP contribution is -2.30. The number of hydrogen-bond donors (Lipinski definition) is 3. The smallest absolute Gasteiger partial charge is 0.306 e. The molecule has 96 valence electrons. The van der Waals surface area contributed by atoms with Gasteiger partial charge >= 0.3 is 5.97 Å². The molecule has 2 atom stereocenters. The first-order chi connectivity index (χ1) is 7.90. The average Bonchev–Trinajstić information content (AvgIpc) is 2.53. The minimum absolute atomic E-state index is 0.0737. The summed E-state index contributed by atoms with van der Waals surface area (Å²) in [6, 6.07) is 0.0737. The van der Waals surface area contributed by atoms with Gasteiger partial charge in [0.2, 0.25) is 0 Å². The number of aryl methyl sites for hydroxylation is 2. The van der Waals surface area contributed by atoms with Crippen LogP contribution in [0.1, 0.15) is 35.0 Å². The van der Waals surface area contributed by atoms with Crippen LogP contribution in [-0.2, 0) is 4.79 Å². The Morgan fingerprint density at radius 1 is 1.53 bits per heavy atom. The number of aromatic nitrogens is 1. The molecule has 0 aromatic carbocycles. The molecule has 2 unspecified atom stereocenters. The van der Waals surface area contributed by atoms with Crippen molar-refractivity contribution >= 4 is 17.3 Å². The minimum Gasteiger partial charge on any atom is -0.481 e. The van der Waals surface area contributed by atoms with Crippen LogP contribution < -0.4 is 5.32 Å². The largest absolute Gasteiger partial charge is 0.481 e. The molecule has 0 radical (unpaired) electrons. The van der Waals surface area contributed by atoms with E-state index < -0.39 is 12.1 Å². The number of aliphatic carboxylic acids is 1. The van der Waals surface area contributed by atoms with Gasteiger partial charge in [-0.1, -0.05) is 0 Å². The van der Waals surface area contributed by atoms with E-state index in [0.29, 0.717) is 0 Å². The molecule has 0 spiro atoms. The van der Waals surface area contributed by atoms with Gasteiger partial charge in [0, 0.05) is 17.5 Å². The molecule has 0 amide bonds. The summed E-state index contributed by atoms with van der Waals surface area (Å²) in [6.45, 7) is 6.15. The first-order valence-corrected chi connectivity index (χ1v) is 6.29. The second kappa shape index (κ2) is 6.09. The maximum Gasteiger partial charge on any atom is 0.306 e. The fraction of sp³-hybridized carbons (Fsp3) is 0.636. The number of thiazole rings is 1. The third-order valence-electron chi connectivity index (χ3n) is 2.40. The number of rotatable bonds is 6. The number of hydrogen-bond acceptors (Lipinski definition) is 5. The third-order valence-corrected chi connectivity index (χ3v) is 3.66. The molecule has 0 aliphatic heterocycles. The molecule has 5 nitrogen and oxygen atoms in total.